The molecule has 0 bridgehead atoms. The first kappa shape index (κ1) is 11.6. The highest BCUT2D eigenvalue weighted by atomic mass is 15.1. The number of hydrogen-bond donors (Lipinski definition) is 1. The molecular formula is C13H21N3. The Morgan fingerprint density at radius 2 is 2.19 bits per heavy atom. The van der Waals surface area contributed by atoms with E-state index >= 15 is 0 Å². The van der Waals surface area contributed by atoms with Crippen LogP contribution in [0.2, 0.25) is 0 Å². The van der Waals surface area contributed by atoms with Gasteiger partial charge in [0.05, 0.1) is 0 Å². The summed E-state index contributed by atoms with van der Waals surface area (Å²) in [5.74, 6) is 0. The number of aromatic nitrogens is 1. The van der Waals surface area contributed by atoms with Gasteiger partial charge < -0.3 is 10.6 Å². The van der Waals surface area contributed by atoms with Gasteiger partial charge >= 0.3 is 0 Å². The highest BCUT2D eigenvalue weighted by Crippen LogP contribution is 2.23. The summed E-state index contributed by atoms with van der Waals surface area (Å²) in [6.07, 6.45) is 8.11. The quantitative estimate of drug-likeness (QED) is 0.836. The molecule has 16 heavy (non-hydrogen) atoms. The number of likely N-dealkylation sites (tertiary alicyclic amines) is 1. The third-order valence-corrected chi connectivity index (χ3v) is 3.62. The van der Waals surface area contributed by atoms with Crippen molar-refractivity contribution in [1.82, 2.24) is 9.88 Å². The molecule has 0 spiro atoms. The number of aryl methyl sites for hydroxylation is 1. The first-order chi connectivity index (χ1) is 7.68. The topological polar surface area (TPSA) is 42.1 Å². The molecule has 1 aromatic heterocycles. The van der Waals surface area contributed by atoms with Crippen LogP contribution in [0.5, 0.6) is 0 Å². The van der Waals surface area contributed by atoms with Crippen LogP contribution >= 0.6 is 0 Å². The molecule has 0 radical (unpaired) electrons. The standard InChI is InChI=1S/C13H21N3/c1-16-9-6-13(14,7-10-16)5-4-12-3-2-8-15-11-12/h2-3,8,11H,4-7,9-10,14H2,1H3. The van der Waals surface area contributed by atoms with Gasteiger partial charge in [-0.1, -0.05) is 6.07 Å². The van der Waals surface area contributed by atoms with E-state index in [9.17, 15) is 0 Å². The van der Waals surface area contributed by atoms with Gasteiger partial charge in [-0.05, 0) is 57.5 Å². The summed E-state index contributed by atoms with van der Waals surface area (Å²) in [5, 5.41) is 0. The van der Waals surface area contributed by atoms with Crippen LogP contribution < -0.4 is 5.73 Å². The zero-order valence-corrected chi connectivity index (χ0v) is 10.0. The average Bonchev–Trinajstić information content (AvgIpc) is 2.33. The maximum absolute atomic E-state index is 6.42. The third-order valence-electron chi connectivity index (χ3n) is 3.62. The van der Waals surface area contributed by atoms with Crippen molar-refractivity contribution >= 4 is 0 Å². The van der Waals surface area contributed by atoms with Crippen LogP contribution in [0.25, 0.3) is 0 Å². The molecule has 0 aliphatic carbocycles. The Balaban J connectivity index is 1.85. The molecule has 2 heterocycles. The summed E-state index contributed by atoms with van der Waals surface area (Å²) in [4.78, 5) is 6.49. The molecule has 1 saturated heterocycles. The highest BCUT2D eigenvalue weighted by molar-refractivity contribution is 5.09. The van der Waals surface area contributed by atoms with Crippen molar-refractivity contribution in [3.05, 3.63) is 30.1 Å². The van der Waals surface area contributed by atoms with Crippen molar-refractivity contribution < 1.29 is 0 Å². The van der Waals surface area contributed by atoms with Gasteiger partial charge in [0.25, 0.3) is 0 Å². The van der Waals surface area contributed by atoms with Crippen LogP contribution in [0.1, 0.15) is 24.8 Å². The number of pyridine rings is 1. The molecule has 2 N–H and O–H groups in total. The summed E-state index contributed by atoms with van der Waals surface area (Å²) in [6, 6.07) is 4.12. The Labute approximate surface area is 97.7 Å². The van der Waals surface area contributed by atoms with E-state index in [4.69, 9.17) is 5.73 Å². The Morgan fingerprint density at radius 3 is 2.81 bits per heavy atom. The summed E-state index contributed by atoms with van der Waals surface area (Å²) >= 11 is 0. The monoisotopic (exact) mass is 219 g/mol. The van der Waals surface area contributed by atoms with Crippen molar-refractivity contribution in [1.29, 1.82) is 0 Å². The number of nitrogens with zero attached hydrogens (tertiary/aromatic N) is 2. The predicted molar refractivity (Wildman–Crippen MR) is 66.2 cm³/mol. The molecule has 0 amide bonds. The summed E-state index contributed by atoms with van der Waals surface area (Å²) in [6.45, 7) is 2.26. The number of nitrogens with two attached hydrogens (primary N) is 1. The maximum atomic E-state index is 6.42. The Morgan fingerprint density at radius 1 is 1.44 bits per heavy atom. The molecule has 88 valence electrons. The van der Waals surface area contributed by atoms with Gasteiger partial charge in [-0.15, -0.1) is 0 Å². The molecule has 3 nitrogen and oxygen atoms in total. The van der Waals surface area contributed by atoms with Gasteiger partial charge in [0.1, 0.15) is 0 Å². The normalized spacial score (nSPS) is 20.9. The molecule has 0 unspecified atom stereocenters. The average molecular weight is 219 g/mol. The van der Waals surface area contributed by atoms with Gasteiger partial charge in [0.2, 0.25) is 0 Å². The van der Waals surface area contributed by atoms with E-state index in [1.807, 2.05) is 18.5 Å². The zero-order valence-electron chi connectivity index (χ0n) is 10.0. The molecule has 0 aromatic carbocycles. The fourth-order valence-electron chi connectivity index (χ4n) is 2.25. The van der Waals surface area contributed by atoms with Gasteiger partial charge in [-0.3, -0.25) is 4.98 Å². The molecule has 3 heteroatoms. The SMILES string of the molecule is CN1CCC(N)(CCc2cccnc2)CC1. The number of rotatable bonds is 3. The van der Waals surface area contributed by atoms with Crippen molar-refractivity contribution in [3.8, 4) is 0 Å². The van der Waals surface area contributed by atoms with Gasteiger partial charge in [-0.2, -0.15) is 0 Å². The second-order valence-corrected chi connectivity index (χ2v) is 5.03. The van der Waals surface area contributed by atoms with Crippen LogP contribution in [0.3, 0.4) is 0 Å². The van der Waals surface area contributed by atoms with Crippen molar-refractivity contribution in [2.45, 2.75) is 31.2 Å². The smallest absolute Gasteiger partial charge is 0.0299 e. The largest absolute Gasteiger partial charge is 0.325 e. The lowest BCUT2D eigenvalue weighted by molar-refractivity contribution is 0.182. The van der Waals surface area contributed by atoms with Crippen molar-refractivity contribution in [2.24, 2.45) is 5.73 Å². The molecule has 0 saturated carbocycles. The molecule has 2 rings (SSSR count). The van der Waals surface area contributed by atoms with E-state index in [-0.39, 0.29) is 5.54 Å². The molecule has 0 atom stereocenters. The van der Waals surface area contributed by atoms with Crippen LogP contribution in [-0.4, -0.2) is 35.6 Å². The molecule has 1 fully saturated rings. The molecule has 1 aliphatic rings. The number of piperidine rings is 1. The fourth-order valence-corrected chi connectivity index (χ4v) is 2.25. The van der Waals surface area contributed by atoms with E-state index < -0.39 is 0 Å². The fraction of sp³-hybridized carbons (Fsp3) is 0.615. The molecular weight excluding hydrogens is 198 g/mol. The van der Waals surface area contributed by atoms with Gasteiger partial charge in [0.15, 0.2) is 0 Å². The minimum atomic E-state index is 0.0440. The van der Waals surface area contributed by atoms with E-state index in [1.165, 1.54) is 5.56 Å². The highest BCUT2D eigenvalue weighted by Gasteiger charge is 2.28. The Hall–Kier alpha value is -0.930. The van der Waals surface area contributed by atoms with Crippen molar-refractivity contribution in [2.75, 3.05) is 20.1 Å². The van der Waals surface area contributed by atoms with Gasteiger partial charge in [-0.25, -0.2) is 0 Å². The van der Waals surface area contributed by atoms with Crippen LogP contribution in [-0.2, 0) is 6.42 Å². The summed E-state index contributed by atoms with van der Waals surface area (Å²) in [7, 11) is 2.17. The van der Waals surface area contributed by atoms with Crippen LogP contribution in [0.4, 0.5) is 0 Å². The second kappa shape index (κ2) is 4.93. The Kier molecular flexibility index (Phi) is 3.56. The molecule has 1 aliphatic heterocycles. The van der Waals surface area contributed by atoms with E-state index in [0.29, 0.717) is 0 Å². The first-order valence-corrected chi connectivity index (χ1v) is 6.04. The lowest BCUT2D eigenvalue weighted by Crippen LogP contribution is -2.49. The third kappa shape index (κ3) is 3.03. The van der Waals surface area contributed by atoms with E-state index in [2.05, 4.69) is 23.0 Å². The lowest BCUT2D eigenvalue weighted by Gasteiger charge is -2.37. The lowest BCUT2D eigenvalue weighted by atomic mass is 9.83. The first-order valence-electron chi connectivity index (χ1n) is 6.04. The maximum Gasteiger partial charge on any atom is 0.0299 e. The zero-order chi connectivity index (χ0) is 11.4. The minimum absolute atomic E-state index is 0.0440. The summed E-state index contributed by atoms with van der Waals surface area (Å²) < 4.78 is 0. The Bertz CT molecular complexity index is 315. The number of hydrogen-bond acceptors (Lipinski definition) is 3. The van der Waals surface area contributed by atoms with E-state index in [0.717, 1.165) is 38.8 Å². The van der Waals surface area contributed by atoms with Crippen LogP contribution in [0, 0.1) is 0 Å². The minimum Gasteiger partial charge on any atom is -0.325 e. The van der Waals surface area contributed by atoms with Gasteiger partial charge in [0, 0.05) is 17.9 Å². The van der Waals surface area contributed by atoms with Crippen LogP contribution in [0.15, 0.2) is 24.5 Å². The predicted octanol–water partition coefficient (Wildman–Crippen LogP) is 1.44. The molecule has 1 aromatic rings. The van der Waals surface area contributed by atoms with E-state index in [1.54, 1.807) is 0 Å². The van der Waals surface area contributed by atoms with Crippen molar-refractivity contribution in [3.63, 3.8) is 0 Å². The second-order valence-electron chi connectivity index (χ2n) is 5.03. The summed E-state index contributed by atoms with van der Waals surface area (Å²) in [5.41, 5.74) is 7.76.